The molecule has 2 atom stereocenters. The van der Waals surface area contributed by atoms with E-state index in [1.807, 2.05) is 24.3 Å². The van der Waals surface area contributed by atoms with E-state index >= 15 is 0 Å². The predicted molar refractivity (Wildman–Crippen MR) is 75.8 cm³/mol. The molecule has 0 bridgehead atoms. The van der Waals surface area contributed by atoms with Crippen LogP contribution >= 0.6 is 0 Å². The molecule has 5 nitrogen and oxygen atoms in total. The maximum Gasteiger partial charge on any atom is 0.169 e. The van der Waals surface area contributed by atoms with Gasteiger partial charge in [0.2, 0.25) is 0 Å². The number of nitrogens with two attached hydrogens (primary N) is 1. The molecule has 0 saturated heterocycles. The summed E-state index contributed by atoms with van der Waals surface area (Å²) >= 11 is 0. The summed E-state index contributed by atoms with van der Waals surface area (Å²) in [5, 5.41) is 12.7. The fourth-order valence-corrected chi connectivity index (χ4v) is 2.74. The van der Waals surface area contributed by atoms with Crippen molar-refractivity contribution in [2.75, 3.05) is 17.7 Å². The Hall–Kier alpha value is -1.88. The standard InChI is InChI=1S/C14H18N4O/c15-13-14(17-10-7-3-4-9(10)8-19)18-12-6-2-1-5-11(12)16-13/h1-2,5-6,9-10,19H,3-4,7-8H2,(H2,15,16)(H,17,18). The van der Waals surface area contributed by atoms with E-state index in [9.17, 15) is 5.11 Å². The maximum atomic E-state index is 9.35. The van der Waals surface area contributed by atoms with E-state index in [1.54, 1.807) is 0 Å². The number of nitrogen functional groups attached to an aromatic ring is 1. The third-order valence-corrected chi connectivity index (χ3v) is 3.81. The fraction of sp³-hybridized carbons (Fsp3) is 0.429. The van der Waals surface area contributed by atoms with Crippen molar-refractivity contribution in [3.63, 3.8) is 0 Å². The zero-order chi connectivity index (χ0) is 13.2. The third kappa shape index (κ3) is 2.33. The normalized spacial score (nSPS) is 22.8. The van der Waals surface area contributed by atoms with E-state index in [2.05, 4.69) is 15.3 Å². The predicted octanol–water partition coefficient (Wildman–Crippen LogP) is 1.78. The third-order valence-electron chi connectivity index (χ3n) is 3.81. The quantitative estimate of drug-likeness (QED) is 0.781. The van der Waals surface area contributed by atoms with Gasteiger partial charge in [0.15, 0.2) is 11.6 Å². The average molecular weight is 258 g/mol. The summed E-state index contributed by atoms with van der Waals surface area (Å²) in [7, 11) is 0. The van der Waals surface area contributed by atoms with Crippen LogP contribution in [0.15, 0.2) is 24.3 Å². The maximum absolute atomic E-state index is 9.35. The van der Waals surface area contributed by atoms with Gasteiger partial charge in [-0.1, -0.05) is 18.6 Å². The van der Waals surface area contributed by atoms with Crippen molar-refractivity contribution in [3.05, 3.63) is 24.3 Å². The molecule has 100 valence electrons. The van der Waals surface area contributed by atoms with Gasteiger partial charge in [-0.2, -0.15) is 0 Å². The molecule has 5 heteroatoms. The van der Waals surface area contributed by atoms with Gasteiger partial charge in [0, 0.05) is 18.6 Å². The number of anilines is 2. The fourth-order valence-electron chi connectivity index (χ4n) is 2.74. The number of nitrogens with zero attached hydrogens (tertiary/aromatic N) is 2. The minimum Gasteiger partial charge on any atom is -0.396 e. The first kappa shape index (κ1) is 12.2. The van der Waals surface area contributed by atoms with Crippen LogP contribution in [0.1, 0.15) is 19.3 Å². The van der Waals surface area contributed by atoms with Gasteiger partial charge in [0.25, 0.3) is 0 Å². The summed E-state index contributed by atoms with van der Waals surface area (Å²) in [6.07, 6.45) is 3.22. The van der Waals surface area contributed by atoms with Gasteiger partial charge >= 0.3 is 0 Å². The minimum atomic E-state index is 0.207. The van der Waals surface area contributed by atoms with Gasteiger partial charge in [-0.05, 0) is 25.0 Å². The van der Waals surface area contributed by atoms with Crippen LogP contribution in [0.3, 0.4) is 0 Å². The van der Waals surface area contributed by atoms with Gasteiger partial charge < -0.3 is 16.2 Å². The lowest BCUT2D eigenvalue weighted by atomic mass is 10.1. The van der Waals surface area contributed by atoms with Crippen molar-refractivity contribution >= 4 is 22.7 Å². The molecule has 1 saturated carbocycles. The molecule has 0 aliphatic heterocycles. The number of hydrogen-bond acceptors (Lipinski definition) is 5. The van der Waals surface area contributed by atoms with Crippen molar-refractivity contribution < 1.29 is 5.11 Å². The first-order chi connectivity index (χ1) is 9.28. The highest BCUT2D eigenvalue weighted by Gasteiger charge is 2.27. The van der Waals surface area contributed by atoms with Crippen LogP contribution in [-0.4, -0.2) is 27.7 Å². The van der Waals surface area contributed by atoms with Crippen LogP contribution in [0, 0.1) is 5.92 Å². The Balaban J connectivity index is 1.90. The second-order valence-corrected chi connectivity index (χ2v) is 5.07. The van der Waals surface area contributed by atoms with Crippen LogP contribution < -0.4 is 11.1 Å². The number of benzene rings is 1. The topological polar surface area (TPSA) is 84.1 Å². The molecule has 4 N–H and O–H groups in total. The molecule has 1 aromatic heterocycles. The molecule has 1 aromatic carbocycles. The number of aliphatic hydroxyl groups is 1. The lowest BCUT2D eigenvalue weighted by Crippen LogP contribution is -2.27. The van der Waals surface area contributed by atoms with Crippen LogP contribution in [-0.2, 0) is 0 Å². The molecule has 19 heavy (non-hydrogen) atoms. The van der Waals surface area contributed by atoms with Crippen molar-refractivity contribution in [2.45, 2.75) is 25.3 Å². The summed E-state index contributed by atoms with van der Waals surface area (Å²) in [6, 6.07) is 7.91. The zero-order valence-electron chi connectivity index (χ0n) is 10.7. The average Bonchev–Trinajstić information content (AvgIpc) is 2.87. The van der Waals surface area contributed by atoms with E-state index in [1.165, 1.54) is 0 Å². The van der Waals surface area contributed by atoms with Crippen LogP contribution in [0.4, 0.5) is 11.6 Å². The number of rotatable bonds is 3. The molecule has 2 unspecified atom stereocenters. The summed E-state index contributed by atoms with van der Waals surface area (Å²) in [5.74, 6) is 1.33. The van der Waals surface area contributed by atoms with Gasteiger partial charge in [-0.3, -0.25) is 0 Å². The minimum absolute atomic E-state index is 0.207. The molecule has 0 amide bonds. The Morgan fingerprint density at radius 3 is 2.68 bits per heavy atom. The van der Waals surface area contributed by atoms with Crippen molar-refractivity contribution in [2.24, 2.45) is 5.92 Å². The molecule has 1 aliphatic carbocycles. The summed E-state index contributed by atoms with van der Waals surface area (Å²) in [4.78, 5) is 8.89. The van der Waals surface area contributed by atoms with E-state index in [4.69, 9.17) is 5.73 Å². The van der Waals surface area contributed by atoms with Crippen molar-refractivity contribution in [1.29, 1.82) is 0 Å². The van der Waals surface area contributed by atoms with E-state index in [0.717, 1.165) is 30.3 Å². The molecule has 0 radical (unpaired) electrons. The summed E-state index contributed by atoms with van der Waals surface area (Å²) in [5.41, 5.74) is 7.59. The highest BCUT2D eigenvalue weighted by atomic mass is 16.3. The summed E-state index contributed by atoms with van der Waals surface area (Å²) < 4.78 is 0. The van der Waals surface area contributed by atoms with Crippen molar-refractivity contribution in [1.82, 2.24) is 9.97 Å². The Kier molecular flexibility index (Phi) is 3.21. The molecule has 0 spiro atoms. The number of nitrogens with one attached hydrogen (secondary N) is 1. The van der Waals surface area contributed by atoms with Gasteiger partial charge in [-0.15, -0.1) is 0 Å². The Labute approximate surface area is 111 Å². The van der Waals surface area contributed by atoms with E-state index < -0.39 is 0 Å². The molecule has 2 aromatic rings. The first-order valence-corrected chi connectivity index (χ1v) is 6.67. The summed E-state index contributed by atoms with van der Waals surface area (Å²) in [6.45, 7) is 0.207. The smallest absolute Gasteiger partial charge is 0.169 e. The zero-order valence-corrected chi connectivity index (χ0v) is 10.7. The van der Waals surface area contributed by atoms with E-state index in [0.29, 0.717) is 11.6 Å². The van der Waals surface area contributed by atoms with Gasteiger partial charge in [-0.25, -0.2) is 9.97 Å². The lowest BCUT2D eigenvalue weighted by Gasteiger charge is -2.20. The number of aliphatic hydroxyl groups excluding tert-OH is 1. The second-order valence-electron chi connectivity index (χ2n) is 5.07. The number of hydrogen-bond donors (Lipinski definition) is 3. The molecule has 1 aliphatic rings. The van der Waals surface area contributed by atoms with Crippen LogP contribution in [0.5, 0.6) is 0 Å². The molecular weight excluding hydrogens is 240 g/mol. The Morgan fingerprint density at radius 2 is 1.95 bits per heavy atom. The molecule has 1 heterocycles. The Morgan fingerprint density at radius 1 is 1.21 bits per heavy atom. The number of fused-ring (bicyclic) bond motifs is 1. The molecule has 1 fully saturated rings. The Bertz CT molecular complexity index is 587. The lowest BCUT2D eigenvalue weighted by molar-refractivity contribution is 0.222. The highest BCUT2D eigenvalue weighted by Crippen LogP contribution is 2.29. The highest BCUT2D eigenvalue weighted by molar-refractivity contribution is 5.79. The van der Waals surface area contributed by atoms with Crippen LogP contribution in [0.2, 0.25) is 0 Å². The van der Waals surface area contributed by atoms with Crippen molar-refractivity contribution in [3.8, 4) is 0 Å². The van der Waals surface area contributed by atoms with E-state index in [-0.39, 0.29) is 18.6 Å². The monoisotopic (exact) mass is 258 g/mol. The molecular formula is C14H18N4O. The SMILES string of the molecule is Nc1nc2ccccc2nc1NC1CCCC1CO. The van der Waals surface area contributed by atoms with Gasteiger partial charge in [0.1, 0.15) is 0 Å². The van der Waals surface area contributed by atoms with Crippen LogP contribution in [0.25, 0.3) is 11.0 Å². The largest absolute Gasteiger partial charge is 0.396 e. The number of para-hydroxylation sites is 2. The number of aromatic nitrogens is 2. The second kappa shape index (κ2) is 5.01. The van der Waals surface area contributed by atoms with Gasteiger partial charge in [0.05, 0.1) is 11.0 Å². The first-order valence-electron chi connectivity index (χ1n) is 6.67. The molecule has 3 rings (SSSR count).